The first-order chi connectivity index (χ1) is 5.82. The molecule has 0 spiro atoms. The van der Waals surface area contributed by atoms with Gasteiger partial charge in [0.1, 0.15) is 0 Å². The second-order valence-corrected chi connectivity index (χ2v) is 4.92. The van der Waals surface area contributed by atoms with Crippen molar-refractivity contribution in [3.63, 3.8) is 0 Å². The van der Waals surface area contributed by atoms with Gasteiger partial charge in [-0.15, -0.1) is 7.94 Å². The van der Waals surface area contributed by atoms with Crippen LogP contribution in [0.2, 0.25) is 15.1 Å². The zero-order valence-corrected chi connectivity index (χ0v) is 11.2. The first-order valence-corrected chi connectivity index (χ1v) is 5.67. The Morgan fingerprint density at radius 2 is 1.29 bits per heavy atom. The van der Waals surface area contributed by atoms with E-state index in [-0.39, 0.29) is 38.1 Å². The van der Waals surface area contributed by atoms with Gasteiger partial charge in [0.05, 0.1) is 20.4 Å². The van der Waals surface area contributed by atoms with Gasteiger partial charge in [-0.25, -0.2) is 0 Å². The van der Waals surface area contributed by atoms with E-state index >= 15 is 0 Å². The Labute approximate surface area is 112 Å². The number of halogens is 3. The molecule has 0 aliphatic carbocycles. The molecule has 0 atom stereocenters. The van der Waals surface area contributed by atoms with Crippen molar-refractivity contribution < 1.29 is 14.7 Å². The van der Waals surface area contributed by atoms with E-state index in [4.69, 9.17) is 34.8 Å². The number of hydrogen-bond donors (Lipinski definition) is 0. The second-order valence-electron chi connectivity index (χ2n) is 2.22. The fourth-order valence-corrected chi connectivity index (χ4v) is 2.02. The molecule has 3 nitrogen and oxygen atoms in total. The van der Waals surface area contributed by atoms with Gasteiger partial charge in [-0.3, -0.25) is 0 Å². The summed E-state index contributed by atoms with van der Waals surface area (Å²) in [5, 5.41) is -0.556. The molecule has 0 radical (unpaired) electrons. The van der Waals surface area contributed by atoms with Gasteiger partial charge in [-0.1, -0.05) is 34.8 Å². The van der Waals surface area contributed by atoms with Crippen molar-refractivity contribution in [1.82, 2.24) is 0 Å². The molecule has 0 heterocycles. The molecule has 0 fully saturated rings. The van der Waals surface area contributed by atoms with Gasteiger partial charge in [0.15, 0.2) is 0 Å². The molecule has 0 N–H and O–H groups in total. The van der Waals surface area contributed by atoms with Crippen LogP contribution in [0.25, 0.3) is 0 Å². The third-order valence-electron chi connectivity index (χ3n) is 1.28. The van der Waals surface area contributed by atoms with Gasteiger partial charge in [-0.2, -0.15) is 0 Å². The predicted molar refractivity (Wildman–Crippen MR) is 53.8 cm³/mol. The summed E-state index contributed by atoms with van der Waals surface area (Å²) < 4.78 is 0. The average molecular weight is 284 g/mol. The Morgan fingerprint density at radius 1 is 0.929 bits per heavy atom. The molecule has 0 unspecified atom stereocenters. The van der Waals surface area contributed by atoms with E-state index in [0.29, 0.717) is 0 Å². The van der Waals surface area contributed by atoms with Crippen molar-refractivity contribution in [3.05, 3.63) is 27.2 Å². The number of hydrogen-bond acceptors (Lipinski definition) is 3. The summed E-state index contributed by atoms with van der Waals surface area (Å²) in [5.74, 6) is 0. The maximum Gasteiger partial charge on any atom is 2.00 e. The van der Waals surface area contributed by atoms with Crippen LogP contribution in [0, 0.1) is 0 Å². The topological polar surface area (TPSA) is 69.2 Å². The van der Waals surface area contributed by atoms with Crippen molar-refractivity contribution in [3.8, 4) is 0 Å². The Bertz CT molecular complexity index is 319. The van der Waals surface area contributed by atoms with Crippen LogP contribution in [0.5, 0.6) is 0 Å². The van der Waals surface area contributed by atoms with Crippen LogP contribution in [0.15, 0.2) is 12.1 Å². The van der Waals surface area contributed by atoms with Gasteiger partial charge in [0, 0.05) is 0 Å². The van der Waals surface area contributed by atoms with Gasteiger partial charge in [0.2, 0.25) is 0 Å². The molecule has 0 saturated heterocycles. The smallest absolute Gasteiger partial charge is 0.683 e. The van der Waals surface area contributed by atoms with Crippen molar-refractivity contribution in [1.29, 1.82) is 0 Å². The van der Waals surface area contributed by atoms with E-state index in [1.54, 1.807) is 0 Å². The molecule has 1 rings (SSSR count). The van der Waals surface area contributed by atoms with Crippen LogP contribution in [-0.4, -0.2) is 23.1 Å². The van der Waals surface area contributed by atoms with Crippen LogP contribution < -0.4 is 20.0 Å². The third-order valence-corrected chi connectivity index (χ3v) is 3.37. The zero-order chi connectivity index (χ0) is 10.2. The van der Waals surface area contributed by atoms with Crippen molar-refractivity contribution in [2.75, 3.05) is 0 Å². The fraction of sp³-hybridized carbons (Fsp3) is 0. The summed E-state index contributed by atoms with van der Waals surface area (Å²) in [6, 6.07) is 1.94. The summed E-state index contributed by atoms with van der Waals surface area (Å²) in [6.45, 7) is 0. The summed E-state index contributed by atoms with van der Waals surface area (Å²) in [7, 11) is -4.82. The van der Waals surface area contributed by atoms with E-state index in [1.165, 1.54) is 0 Å². The third kappa shape index (κ3) is 3.63. The summed E-state index contributed by atoms with van der Waals surface area (Å²) >= 11 is 16.6. The van der Waals surface area contributed by atoms with Crippen LogP contribution in [0.1, 0.15) is 0 Å². The fourth-order valence-electron chi connectivity index (χ4n) is 0.700. The predicted octanol–water partition coefficient (Wildman–Crippen LogP) is -0.265. The summed E-state index contributed by atoms with van der Waals surface area (Å²) in [6.07, 6.45) is 0. The van der Waals surface area contributed by atoms with Gasteiger partial charge >= 0.3 is 23.1 Å². The second kappa shape index (κ2) is 5.48. The van der Waals surface area contributed by atoms with Crippen LogP contribution in [0.4, 0.5) is 0 Å². The first kappa shape index (κ1) is 15.2. The van der Waals surface area contributed by atoms with Crippen molar-refractivity contribution >= 4 is 71.1 Å². The van der Waals surface area contributed by atoms with E-state index < -0.39 is 13.2 Å². The largest absolute Gasteiger partial charge is 2.00 e. The maximum atomic E-state index is 10.6. The van der Waals surface area contributed by atoms with Gasteiger partial charge < -0.3 is 14.7 Å². The van der Waals surface area contributed by atoms with E-state index in [0.717, 1.165) is 12.1 Å². The molecule has 8 heteroatoms. The monoisotopic (exact) mass is 282 g/mol. The molecule has 0 saturated carbocycles. The number of benzene rings is 1. The molecule has 1 aromatic rings. The molecule has 0 bridgehead atoms. The molecular formula is C6H2Cl3MgO3P. The Balaban J connectivity index is 0.00000169. The zero-order valence-electron chi connectivity index (χ0n) is 6.67. The van der Waals surface area contributed by atoms with E-state index in [2.05, 4.69) is 0 Å². The standard InChI is InChI=1S/C6H4Cl3O3P.Mg/c7-4-1-3(13(10,11)12)2-5(8)6(4)9;/h1-2H,(H2,10,11,12);/q;+2/p-2. The molecule has 0 amide bonds. The maximum absolute atomic E-state index is 10.6. The minimum atomic E-state index is -4.82. The van der Waals surface area contributed by atoms with Crippen LogP contribution in [-0.2, 0) is 0 Å². The molecule has 1 aromatic carbocycles. The normalized spacial score (nSPS) is 11.0. The quantitative estimate of drug-likeness (QED) is 0.405. The average Bonchev–Trinajstić information content (AvgIpc) is 1.97. The number of rotatable bonds is 1. The molecular weight excluding hydrogens is 282 g/mol. The van der Waals surface area contributed by atoms with E-state index in [9.17, 15) is 14.7 Å². The minimum Gasteiger partial charge on any atom is -0.683 e. The molecule has 0 aliphatic rings. The minimum absolute atomic E-state index is 0. The van der Waals surface area contributed by atoms with Crippen LogP contribution in [0.3, 0.4) is 0 Å². The van der Waals surface area contributed by atoms with E-state index in [1.807, 2.05) is 0 Å². The van der Waals surface area contributed by atoms with Crippen molar-refractivity contribution in [2.45, 2.75) is 0 Å². The van der Waals surface area contributed by atoms with Crippen LogP contribution >= 0.6 is 42.7 Å². The van der Waals surface area contributed by atoms with Gasteiger partial charge in [-0.05, 0) is 12.1 Å². The Morgan fingerprint density at radius 3 is 1.57 bits per heavy atom. The SMILES string of the molecule is [Mg+2].[O-][P+]([O-])([O-])c1cc(Cl)c(Cl)c(Cl)c1. The summed E-state index contributed by atoms with van der Waals surface area (Å²) in [5.41, 5.74) is 0. The molecule has 72 valence electrons. The van der Waals surface area contributed by atoms with Crippen molar-refractivity contribution in [2.24, 2.45) is 0 Å². The molecule has 14 heavy (non-hydrogen) atoms. The molecule has 0 aromatic heterocycles. The Hall–Kier alpha value is 1.17. The van der Waals surface area contributed by atoms with Gasteiger partial charge in [0.25, 0.3) is 0 Å². The Kier molecular flexibility index (Phi) is 5.94. The molecule has 0 aliphatic heterocycles. The first-order valence-electron chi connectivity index (χ1n) is 2.99. The summed E-state index contributed by atoms with van der Waals surface area (Å²) in [4.78, 5) is 31.7.